The van der Waals surface area contributed by atoms with E-state index in [1.807, 2.05) is 30.3 Å². The van der Waals surface area contributed by atoms with Crippen LogP contribution >= 0.6 is 27.3 Å². The van der Waals surface area contributed by atoms with Crippen molar-refractivity contribution in [2.24, 2.45) is 4.99 Å². The summed E-state index contributed by atoms with van der Waals surface area (Å²) in [6.45, 7) is 1.78. The summed E-state index contributed by atoms with van der Waals surface area (Å²) in [6.07, 6.45) is 1.61. The van der Waals surface area contributed by atoms with Crippen molar-refractivity contribution in [3.05, 3.63) is 146 Å². The molecule has 17 heteroatoms. The number of ether oxygens (including phenoxy) is 5. The number of thiazole rings is 1. The van der Waals surface area contributed by atoms with Gasteiger partial charge < -0.3 is 23.7 Å². The highest BCUT2D eigenvalue weighted by molar-refractivity contribution is 9.10. The summed E-state index contributed by atoms with van der Waals surface area (Å²) in [7, 11) is 4.35. The van der Waals surface area contributed by atoms with E-state index in [1.54, 1.807) is 43.3 Å². The van der Waals surface area contributed by atoms with E-state index < -0.39 is 38.8 Å². The van der Waals surface area contributed by atoms with Crippen molar-refractivity contribution in [1.82, 2.24) is 4.57 Å². The lowest BCUT2D eigenvalue weighted by Crippen LogP contribution is -2.40. The summed E-state index contributed by atoms with van der Waals surface area (Å²) in [5.74, 6) is 0.119. The molecule has 2 heterocycles. The third-order valence-corrected chi connectivity index (χ3v) is 9.78. The Morgan fingerprint density at radius 1 is 0.907 bits per heavy atom. The van der Waals surface area contributed by atoms with E-state index in [4.69, 9.17) is 28.7 Å². The van der Waals surface area contributed by atoms with Crippen LogP contribution in [0.15, 0.2) is 98.7 Å². The van der Waals surface area contributed by atoms with Crippen molar-refractivity contribution in [3.8, 4) is 28.7 Å². The SMILES string of the molecule is CCOC(=O)C1=C(c2ccccc2)N=c2s/c(=C\c3cc(Br)c(Oc4ccc([N+](=O)[O-])cc4[N+](=O)[O-])c(OC)c3)c(=O)n2[C@@H]1c1ccc(OC)c(OC)c1. The van der Waals surface area contributed by atoms with Gasteiger partial charge in [0.1, 0.15) is 0 Å². The Morgan fingerprint density at radius 3 is 2.26 bits per heavy atom. The topological polar surface area (TPSA) is 184 Å². The molecule has 276 valence electrons. The highest BCUT2D eigenvalue weighted by atomic mass is 79.9. The van der Waals surface area contributed by atoms with Crippen LogP contribution in [-0.2, 0) is 9.53 Å². The number of nitro groups is 2. The number of carbonyl (C=O) groups is 1. The first-order valence-corrected chi connectivity index (χ1v) is 17.6. The average Bonchev–Trinajstić information content (AvgIpc) is 3.48. The summed E-state index contributed by atoms with van der Waals surface area (Å²) in [5.41, 5.74) is 0.599. The number of rotatable bonds is 12. The fourth-order valence-corrected chi connectivity index (χ4v) is 7.35. The van der Waals surface area contributed by atoms with Crippen molar-refractivity contribution in [1.29, 1.82) is 0 Å². The third-order valence-electron chi connectivity index (χ3n) is 8.21. The highest BCUT2D eigenvalue weighted by Gasteiger charge is 2.36. The van der Waals surface area contributed by atoms with Crippen LogP contribution in [0.2, 0.25) is 0 Å². The molecule has 0 radical (unpaired) electrons. The molecule has 0 spiro atoms. The quantitative estimate of drug-likeness (QED) is 0.0779. The molecular weight excluding hydrogens is 788 g/mol. The number of non-ortho nitro benzene ring substituents is 1. The number of carbonyl (C=O) groups excluding carboxylic acids is 1. The Morgan fingerprint density at radius 2 is 1.61 bits per heavy atom. The van der Waals surface area contributed by atoms with Crippen molar-refractivity contribution >= 4 is 56.4 Å². The smallest absolute Gasteiger partial charge is 0.338 e. The molecule has 5 aromatic rings. The maximum absolute atomic E-state index is 14.4. The first-order valence-electron chi connectivity index (χ1n) is 16.0. The minimum atomic E-state index is -0.980. The maximum Gasteiger partial charge on any atom is 0.338 e. The van der Waals surface area contributed by atoms with Gasteiger partial charge in [-0.1, -0.05) is 47.7 Å². The van der Waals surface area contributed by atoms with Gasteiger partial charge >= 0.3 is 11.7 Å². The molecule has 0 unspecified atom stereocenters. The monoisotopic (exact) mass is 816 g/mol. The lowest BCUT2D eigenvalue weighted by molar-refractivity contribution is -0.394. The number of hydrogen-bond acceptors (Lipinski definition) is 13. The molecule has 0 aliphatic carbocycles. The van der Waals surface area contributed by atoms with E-state index in [1.165, 1.54) is 25.9 Å². The van der Waals surface area contributed by atoms with Crippen LogP contribution in [0.25, 0.3) is 11.8 Å². The number of aromatic nitrogens is 1. The zero-order valence-electron chi connectivity index (χ0n) is 28.9. The predicted octanol–water partition coefficient (Wildman–Crippen LogP) is 6.33. The van der Waals surface area contributed by atoms with E-state index in [2.05, 4.69) is 15.9 Å². The van der Waals surface area contributed by atoms with E-state index in [0.717, 1.165) is 29.5 Å². The zero-order valence-corrected chi connectivity index (χ0v) is 31.3. The van der Waals surface area contributed by atoms with Gasteiger partial charge in [0.15, 0.2) is 27.8 Å². The van der Waals surface area contributed by atoms with Gasteiger partial charge in [0, 0.05) is 11.6 Å². The number of esters is 1. The van der Waals surface area contributed by atoms with Gasteiger partial charge in [-0.25, -0.2) is 9.79 Å². The van der Waals surface area contributed by atoms with Gasteiger partial charge in [0.05, 0.1) is 70.2 Å². The summed E-state index contributed by atoms with van der Waals surface area (Å²) < 4.78 is 30.0. The molecule has 1 aromatic heterocycles. The first kappa shape index (κ1) is 37.4. The second-order valence-corrected chi connectivity index (χ2v) is 13.2. The number of hydrogen-bond donors (Lipinski definition) is 0. The van der Waals surface area contributed by atoms with Crippen LogP contribution in [0.4, 0.5) is 11.4 Å². The summed E-state index contributed by atoms with van der Waals surface area (Å²) in [6, 6.07) is 19.4. The maximum atomic E-state index is 14.4. The molecule has 4 aromatic carbocycles. The molecule has 0 saturated heterocycles. The molecule has 0 N–H and O–H groups in total. The van der Waals surface area contributed by atoms with Crippen LogP contribution in [-0.4, -0.2) is 48.3 Å². The molecule has 0 fully saturated rings. The van der Waals surface area contributed by atoms with Gasteiger partial charge in [0.2, 0.25) is 5.75 Å². The largest absolute Gasteiger partial charge is 0.493 e. The lowest BCUT2D eigenvalue weighted by Gasteiger charge is -2.26. The van der Waals surface area contributed by atoms with Crippen molar-refractivity contribution in [3.63, 3.8) is 0 Å². The van der Waals surface area contributed by atoms with Crippen molar-refractivity contribution < 1.29 is 38.3 Å². The Labute approximate surface area is 318 Å². The second kappa shape index (κ2) is 15.7. The van der Waals surface area contributed by atoms with Crippen LogP contribution in [0, 0.1) is 20.2 Å². The zero-order chi connectivity index (χ0) is 38.7. The molecule has 54 heavy (non-hydrogen) atoms. The van der Waals surface area contributed by atoms with Gasteiger partial charge in [-0.3, -0.25) is 29.6 Å². The summed E-state index contributed by atoms with van der Waals surface area (Å²) in [4.78, 5) is 54.9. The first-order chi connectivity index (χ1) is 26.0. The fourth-order valence-electron chi connectivity index (χ4n) is 5.81. The number of nitro benzene ring substituents is 2. The minimum Gasteiger partial charge on any atom is -0.493 e. The normalized spacial score (nSPS) is 13.8. The van der Waals surface area contributed by atoms with E-state index in [-0.39, 0.29) is 34.0 Å². The molecule has 1 atom stereocenters. The van der Waals surface area contributed by atoms with E-state index in [0.29, 0.717) is 43.2 Å². The summed E-state index contributed by atoms with van der Waals surface area (Å²) in [5, 5.41) is 23.0. The number of nitrogens with zero attached hydrogens (tertiary/aromatic N) is 4. The fraction of sp³-hybridized carbons (Fsp3) is 0.162. The molecular formula is C37H29BrN4O11S. The number of methoxy groups -OCH3 is 3. The van der Waals surface area contributed by atoms with E-state index >= 15 is 0 Å². The van der Waals surface area contributed by atoms with Gasteiger partial charge in [0.25, 0.3) is 11.2 Å². The van der Waals surface area contributed by atoms with E-state index in [9.17, 15) is 29.8 Å². The molecule has 15 nitrogen and oxygen atoms in total. The molecule has 6 rings (SSSR count). The van der Waals surface area contributed by atoms with Gasteiger partial charge in [-0.05, 0) is 70.4 Å². The molecule has 1 aliphatic rings. The third kappa shape index (κ3) is 7.18. The Bertz CT molecular complexity index is 2530. The number of fused-ring (bicyclic) bond motifs is 1. The van der Waals surface area contributed by atoms with Crippen LogP contribution in [0.3, 0.4) is 0 Å². The number of benzene rings is 4. The van der Waals surface area contributed by atoms with Crippen molar-refractivity contribution in [2.45, 2.75) is 13.0 Å². The minimum absolute atomic E-state index is 0.0492. The van der Waals surface area contributed by atoms with Crippen LogP contribution < -0.4 is 33.8 Å². The van der Waals surface area contributed by atoms with Gasteiger partial charge in [-0.2, -0.15) is 0 Å². The highest BCUT2D eigenvalue weighted by Crippen LogP contribution is 2.43. The van der Waals surface area contributed by atoms with Gasteiger partial charge in [-0.15, -0.1) is 0 Å². The summed E-state index contributed by atoms with van der Waals surface area (Å²) >= 11 is 4.54. The standard InChI is InChI=1S/C37H29BrN4O11S/c1-5-52-36(44)31-32(21-9-7-6-8-10-21)39-37-40(33(31)22-11-13-27(49-2)28(18-22)50-3)35(43)30(54-37)17-20-15-24(38)34(29(16-20)51-4)53-26-14-12-23(41(45)46)19-25(26)42(47)48/h6-19,33H,5H2,1-4H3/b30-17-/t33-/m1/s1. The molecule has 0 amide bonds. The van der Waals surface area contributed by atoms with Crippen LogP contribution in [0.1, 0.15) is 29.7 Å². The second-order valence-electron chi connectivity index (χ2n) is 11.3. The molecule has 0 saturated carbocycles. The number of halogens is 1. The molecule has 0 bridgehead atoms. The lowest BCUT2D eigenvalue weighted by atomic mass is 9.93. The Balaban J connectivity index is 1.53. The Kier molecular flexibility index (Phi) is 10.9. The molecule has 1 aliphatic heterocycles. The average molecular weight is 818 g/mol. The Hall–Kier alpha value is -6.33. The van der Waals surface area contributed by atoms with Crippen LogP contribution in [0.5, 0.6) is 28.7 Å². The predicted molar refractivity (Wildman–Crippen MR) is 201 cm³/mol. The van der Waals surface area contributed by atoms with Crippen molar-refractivity contribution in [2.75, 3.05) is 27.9 Å².